The van der Waals surface area contributed by atoms with E-state index in [1.807, 2.05) is 12.6 Å². The maximum absolute atomic E-state index is 6.03. The molecule has 0 aliphatic rings. The number of rotatable bonds is 4. The second-order valence-electron chi connectivity index (χ2n) is 3.03. The number of hydrogen-bond acceptors (Lipinski definition) is 1. The van der Waals surface area contributed by atoms with E-state index in [1.54, 1.807) is 12.1 Å². The lowest BCUT2D eigenvalue weighted by molar-refractivity contribution is 0.585. The molecular weight excluding hydrogens is 271 g/mol. The number of hydrogen-bond donors (Lipinski definition) is 0. The fourth-order valence-electron chi connectivity index (χ4n) is 1.22. The molecule has 0 radical (unpaired) electrons. The Balaban J connectivity index is 3.13. The molecule has 0 bridgehead atoms. The zero-order valence-electron chi connectivity index (χ0n) is 8.27. The van der Waals surface area contributed by atoms with Crippen molar-refractivity contribution in [2.45, 2.75) is 13.0 Å². The summed E-state index contributed by atoms with van der Waals surface area (Å²) in [6.45, 7) is 5.54. The highest BCUT2D eigenvalue weighted by Gasteiger charge is 2.12. The third-order valence-electron chi connectivity index (χ3n) is 1.73. The highest BCUT2D eigenvalue weighted by atomic mass is 35.6. The Bertz CT molecular complexity index is 366. The van der Waals surface area contributed by atoms with Crippen LogP contribution in [0, 0.1) is 0 Å². The van der Waals surface area contributed by atoms with Crippen molar-refractivity contribution in [2.24, 2.45) is 0 Å². The van der Waals surface area contributed by atoms with Crippen molar-refractivity contribution >= 4 is 42.6 Å². The summed E-state index contributed by atoms with van der Waals surface area (Å²) in [4.78, 5) is 0. The summed E-state index contributed by atoms with van der Waals surface area (Å²) in [5, 5.41) is 1.09. The zero-order chi connectivity index (χ0) is 11.4. The van der Waals surface area contributed by atoms with E-state index in [9.17, 15) is 0 Å². The molecular formula is C10H11Cl3OSi. The Labute approximate surface area is 106 Å². The van der Waals surface area contributed by atoms with Crippen molar-refractivity contribution < 1.29 is 4.43 Å². The highest BCUT2D eigenvalue weighted by molar-refractivity contribution is 7.02. The fraction of sp³-hybridized carbons (Fsp3) is 0.200. The Morgan fingerprint density at radius 2 is 2.13 bits per heavy atom. The summed E-state index contributed by atoms with van der Waals surface area (Å²) in [7, 11) is -1.68. The summed E-state index contributed by atoms with van der Waals surface area (Å²) in [5.74, 6) is 0.634. The summed E-state index contributed by atoms with van der Waals surface area (Å²) >= 11 is 17.8. The van der Waals surface area contributed by atoms with Crippen molar-refractivity contribution in [1.29, 1.82) is 0 Å². The van der Waals surface area contributed by atoms with E-state index in [4.69, 9.17) is 38.7 Å². The fourth-order valence-corrected chi connectivity index (χ4v) is 2.74. The van der Waals surface area contributed by atoms with E-state index >= 15 is 0 Å². The molecule has 0 fully saturated rings. The first-order chi connectivity index (χ1) is 7.04. The molecule has 0 saturated heterocycles. The van der Waals surface area contributed by atoms with E-state index in [0.29, 0.717) is 22.2 Å². The SMILES string of the molecule is C=CCc1cc(Cl)cc(Cl)c1O[SiH](C)Cl. The molecule has 0 N–H and O–H groups in total. The molecule has 1 atom stereocenters. The first kappa shape index (κ1) is 12.9. The molecule has 1 unspecified atom stereocenters. The monoisotopic (exact) mass is 280 g/mol. The molecule has 1 aromatic rings. The summed E-state index contributed by atoms with van der Waals surface area (Å²) in [6.07, 6.45) is 2.43. The van der Waals surface area contributed by atoms with Gasteiger partial charge in [0.05, 0.1) is 5.02 Å². The van der Waals surface area contributed by atoms with Crippen LogP contribution in [0.2, 0.25) is 16.6 Å². The summed E-state index contributed by atoms with van der Waals surface area (Å²) in [6, 6.07) is 3.47. The van der Waals surface area contributed by atoms with E-state index in [-0.39, 0.29) is 0 Å². The molecule has 0 spiro atoms. The minimum Gasteiger partial charge on any atom is -0.531 e. The lowest BCUT2D eigenvalue weighted by atomic mass is 10.1. The van der Waals surface area contributed by atoms with Crippen molar-refractivity contribution in [1.82, 2.24) is 0 Å². The van der Waals surface area contributed by atoms with Crippen LogP contribution >= 0.6 is 34.3 Å². The highest BCUT2D eigenvalue weighted by Crippen LogP contribution is 2.33. The predicted molar refractivity (Wildman–Crippen MR) is 69.9 cm³/mol. The lowest BCUT2D eigenvalue weighted by Gasteiger charge is -2.14. The van der Waals surface area contributed by atoms with E-state index in [1.165, 1.54) is 0 Å². The van der Waals surface area contributed by atoms with Gasteiger partial charge < -0.3 is 4.43 Å². The largest absolute Gasteiger partial charge is 0.531 e. The third-order valence-corrected chi connectivity index (χ3v) is 3.06. The van der Waals surface area contributed by atoms with E-state index < -0.39 is 8.35 Å². The maximum Gasteiger partial charge on any atom is 0.328 e. The molecule has 1 rings (SSSR count). The maximum atomic E-state index is 6.03. The first-order valence-corrected chi connectivity index (χ1v) is 8.57. The van der Waals surface area contributed by atoms with Gasteiger partial charge in [-0.1, -0.05) is 29.3 Å². The smallest absolute Gasteiger partial charge is 0.328 e. The van der Waals surface area contributed by atoms with Gasteiger partial charge in [0.15, 0.2) is 0 Å². The van der Waals surface area contributed by atoms with Gasteiger partial charge in [0.1, 0.15) is 5.75 Å². The van der Waals surface area contributed by atoms with E-state index in [0.717, 1.165) is 5.56 Å². The van der Waals surface area contributed by atoms with Crippen LogP contribution in [0.3, 0.4) is 0 Å². The normalized spacial score (nSPS) is 12.3. The van der Waals surface area contributed by atoms with Gasteiger partial charge in [-0.2, -0.15) is 0 Å². The van der Waals surface area contributed by atoms with Crippen molar-refractivity contribution in [3.63, 3.8) is 0 Å². The zero-order valence-corrected chi connectivity index (χ0v) is 11.7. The van der Waals surface area contributed by atoms with Crippen LogP contribution in [-0.4, -0.2) is 8.35 Å². The molecule has 0 aliphatic carbocycles. The standard InChI is InChI=1S/C10H11Cl3OSi/c1-3-4-7-5-8(11)6-9(12)10(7)14-15(2)13/h3,5-6,15H,1,4H2,2H3. The van der Waals surface area contributed by atoms with Crippen molar-refractivity contribution in [3.05, 3.63) is 40.4 Å². The lowest BCUT2D eigenvalue weighted by Crippen LogP contribution is -2.10. The van der Waals surface area contributed by atoms with Gasteiger partial charge in [-0.25, -0.2) is 0 Å². The van der Waals surface area contributed by atoms with Crippen LogP contribution in [0.15, 0.2) is 24.8 Å². The molecule has 0 aromatic heterocycles. The Kier molecular flexibility index (Phi) is 5.00. The summed E-state index contributed by atoms with van der Waals surface area (Å²) in [5.41, 5.74) is 0.919. The Hall–Kier alpha value is -0.153. The van der Waals surface area contributed by atoms with E-state index in [2.05, 4.69) is 6.58 Å². The first-order valence-electron chi connectivity index (χ1n) is 4.44. The molecule has 0 saturated carbocycles. The topological polar surface area (TPSA) is 9.23 Å². The van der Waals surface area contributed by atoms with Crippen molar-refractivity contribution in [3.8, 4) is 5.75 Å². The average Bonchev–Trinajstić information content (AvgIpc) is 2.11. The third kappa shape index (κ3) is 3.72. The van der Waals surface area contributed by atoms with Gasteiger partial charge in [0.25, 0.3) is 0 Å². The average molecular weight is 282 g/mol. The van der Waals surface area contributed by atoms with Gasteiger partial charge in [-0.05, 0) is 30.7 Å². The molecule has 0 aliphatic heterocycles. The second-order valence-corrected chi connectivity index (χ2v) is 7.04. The van der Waals surface area contributed by atoms with Crippen LogP contribution in [-0.2, 0) is 6.42 Å². The van der Waals surface area contributed by atoms with Gasteiger partial charge in [-0.15, -0.1) is 17.7 Å². The Morgan fingerprint density at radius 3 is 2.67 bits per heavy atom. The van der Waals surface area contributed by atoms with Gasteiger partial charge >= 0.3 is 8.35 Å². The number of halogens is 3. The van der Waals surface area contributed by atoms with Crippen molar-refractivity contribution in [2.75, 3.05) is 0 Å². The van der Waals surface area contributed by atoms with Gasteiger partial charge in [0, 0.05) is 5.02 Å². The van der Waals surface area contributed by atoms with Crippen LogP contribution in [0.5, 0.6) is 5.75 Å². The molecule has 5 heteroatoms. The molecule has 15 heavy (non-hydrogen) atoms. The van der Waals surface area contributed by atoms with Crippen LogP contribution in [0.4, 0.5) is 0 Å². The van der Waals surface area contributed by atoms with Crippen LogP contribution in [0.25, 0.3) is 0 Å². The number of allylic oxidation sites excluding steroid dienone is 1. The summed E-state index contributed by atoms with van der Waals surface area (Å²) < 4.78 is 5.55. The molecule has 1 aromatic carbocycles. The minimum absolute atomic E-state index is 0.499. The van der Waals surface area contributed by atoms with Crippen LogP contribution in [0.1, 0.15) is 5.56 Å². The quantitative estimate of drug-likeness (QED) is 0.457. The predicted octanol–water partition coefficient (Wildman–Crippen LogP) is 4.19. The number of benzene rings is 1. The second kappa shape index (κ2) is 5.80. The van der Waals surface area contributed by atoms with Gasteiger partial charge in [-0.3, -0.25) is 0 Å². The molecule has 0 heterocycles. The molecule has 0 amide bonds. The van der Waals surface area contributed by atoms with Gasteiger partial charge in [0.2, 0.25) is 0 Å². The minimum atomic E-state index is -1.68. The molecule has 1 nitrogen and oxygen atoms in total. The van der Waals surface area contributed by atoms with Crippen LogP contribution < -0.4 is 4.43 Å². The molecule has 82 valence electrons. The Morgan fingerprint density at radius 1 is 1.47 bits per heavy atom.